The van der Waals surface area contributed by atoms with E-state index in [1.54, 1.807) is 6.20 Å². The molecule has 1 aromatic carbocycles. The third kappa shape index (κ3) is 3.18. The van der Waals surface area contributed by atoms with Crippen molar-refractivity contribution in [1.29, 1.82) is 0 Å². The summed E-state index contributed by atoms with van der Waals surface area (Å²) in [7, 11) is 0. The highest BCUT2D eigenvalue weighted by atomic mass is 15.1. The maximum atomic E-state index is 6.21. The third-order valence-electron chi connectivity index (χ3n) is 5.48. The van der Waals surface area contributed by atoms with Crippen molar-refractivity contribution >= 4 is 22.6 Å². The van der Waals surface area contributed by atoms with Gasteiger partial charge in [-0.25, -0.2) is 15.0 Å². The van der Waals surface area contributed by atoms with Crippen LogP contribution < -0.4 is 5.73 Å². The third-order valence-corrected chi connectivity index (χ3v) is 5.48. The molecule has 1 aliphatic rings. The fourth-order valence-electron chi connectivity index (χ4n) is 3.83. The minimum atomic E-state index is 0.456. The summed E-state index contributed by atoms with van der Waals surface area (Å²) in [5.74, 6) is 1.20. The van der Waals surface area contributed by atoms with Crippen molar-refractivity contribution in [2.45, 2.75) is 26.2 Å². The predicted octanol–water partition coefficient (Wildman–Crippen LogP) is 5.36. The van der Waals surface area contributed by atoms with Crippen molar-refractivity contribution in [1.82, 2.24) is 19.5 Å². The van der Waals surface area contributed by atoms with E-state index in [4.69, 9.17) is 15.7 Å². The highest BCUT2D eigenvalue weighted by Gasteiger charge is 2.18. The Morgan fingerprint density at radius 2 is 1.87 bits per heavy atom. The summed E-state index contributed by atoms with van der Waals surface area (Å²) in [6.45, 7) is 2.16. The SMILES string of the molecule is CCc1ccc(-n2c(-c3cccnc3N)nc3ccc(C4=CCCC=C4)nc32)cc1. The summed E-state index contributed by atoms with van der Waals surface area (Å²) in [6.07, 6.45) is 11.4. The van der Waals surface area contributed by atoms with Crippen LogP contribution in [0.3, 0.4) is 0 Å². The lowest BCUT2D eigenvalue weighted by molar-refractivity contribution is 1.03. The first-order chi connectivity index (χ1) is 14.7. The number of hydrogen-bond donors (Lipinski definition) is 1. The number of hydrogen-bond acceptors (Lipinski definition) is 4. The molecule has 0 radical (unpaired) electrons. The van der Waals surface area contributed by atoms with Gasteiger partial charge in [-0.05, 0) is 66.8 Å². The summed E-state index contributed by atoms with van der Waals surface area (Å²) in [5.41, 5.74) is 13.1. The number of benzene rings is 1. The molecular weight excluding hydrogens is 370 g/mol. The van der Waals surface area contributed by atoms with Crippen LogP contribution in [0.15, 0.2) is 73.0 Å². The topological polar surface area (TPSA) is 69.6 Å². The van der Waals surface area contributed by atoms with Gasteiger partial charge >= 0.3 is 0 Å². The van der Waals surface area contributed by atoms with Crippen LogP contribution in [0.25, 0.3) is 33.8 Å². The summed E-state index contributed by atoms with van der Waals surface area (Å²) in [5, 5.41) is 0. The summed E-state index contributed by atoms with van der Waals surface area (Å²) < 4.78 is 2.08. The quantitative estimate of drug-likeness (QED) is 0.507. The number of nitrogen functional groups attached to an aromatic ring is 1. The second kappa shape index (κ2) is 7.59. The van der Waals surface area contributed by atoms with E-state index in [0.29, 0.717) is 5.82 Å². The van der Waals surface area contributed by atoms with E-state index in [1.807, 2.05) is 24.3 Å². The van der Waals surface area contributed by atoms with Crippen molar-refractivity contribution < 1.29 is 0 Å². The Balaban J connectivity index is 1.77. The molecule has 30 heavy (non-hydrogen) atoms. The molecule has 0 saturated heterocycles. The number of allylic oxidation sites excluding steroid dienone is 4. The lowest BCUT2D eigenvalue weighted by atomic mass is 10.0. The molecular formula is C25H23N5. The molecule has 0 saturated carbocycles. The first kappa shape index (κ1) is 18.3. The molecule has 3 heterocycles. The van der Waals surface area contributed by atoms with Gasteiger partial charge in [0.05, 0.1) is 11.3 Å². The molecule has 5 nitrogen and oxygen atoms in total. The number of aryl methyl sites for hydroxylation is 1. The van der Waals surface area contributed by atoms with Crippen molar-refractivity contribution in [3.05, 3.63) is 84.2 Å². The zero-order valence-corrected chi connectivity index (χ0v) is 16.9. The number of fused-ring (bicyclic) bond motifs is 1. The minimum Gasteiger partial charge on any atom is -0.383 e. The first-order valence-corrected chi connectivity index (χ1v) is 10.3. The van der Waals surface area contributed by atoms with Crippen LogP contribution in [0, 0.1) is 0 Å². The zero-order valence-electron chi connectivity index (χ0n) is 16.9. The first-order valence-electron chi connectivity index (χ1n) is 10.3. The van der Waals surface area contributed by atoms with Crippen LogP contribution in [0.1, 0.15) is 31.0 Å². The van der Waals surface area contributed by atoms with E-state index in [9.17, 15) is 0 Å². The zero-order chi connectivity index (χ0) is 20.5. The van der Waals surface area contributed by atoms with Gasteiger partial charge in [0.1, 0.15) is 11.3 Å². The standard InChI is InChI=1S/C25H23N5/c1-2-17-10-12-19(13-11-17)30-24(20-9-6-16-27-23(20)26)29-22-15-14-21(28-25(22)30)18-7-4-3-5-8-18/h4,6-16H,2-3,5H2,1H3,(H2,26,27). The van der Waals surface area contributed by atoms with Gasteiger partial charge in [0.15, 0.2) is 11.5 Å². The molecule has 0 spiro atoms. The van der Waals surface area contributed by atoms with Gasteiger partial charge in [-0.15, -0.1) is 0 Å². The maximum absolute atomic E-state index is 6.21. The summed E-state index contributed by atoms with van der Waals surface area (Å²) >= 11 is 0. The maximum Gasteiger partial charge on any atom is 0.165 e. The lowest BCUT2D eigenvalue weighted by Gasteiger charge is -2.12. The fraction of sp³-hybridized carbons (Fsp3) is 0.160. The van der Waals surface area contributed by atoms with E-state index in [1.165, 1.54) is 5.56 Å². The summed E-state index contributed by atoms with van der Waals surface area (Å²) in [4.78, 5) is 14.2. The largest absolute Gasteiger partial charge is 0.383 e. The van der Waals surface area contributed by atoms with Crippen LogP contribution >= 0.6 is 0 Å². The van der Waals surface area contributed by atoms with Gasteiger partial charge in [-0.3, -0.25) is 4.57 Å². The molecule has 0 atom stereocenters. The number of rotatable bonds is 4. The molecule has 0 amide bonds. The molecule has 0 bridgehead atoms. The van der Waals surface area contributed by atoms with Gasteiger partial charge < -0.3 is 5.73 Å². The van der Waals surface area contributed by atoms with Crippen LogP contribution in [-0.2, 0) is 6.42 Å². The minimum absolute atomic E-state index is 0.456. The normalized spacial score (nSPS) is 13.6. The second-order valence-corrected chi connectivity index (χ2v) is 7.41. The molecule has 4 aromatic rings. The van der Waals surface area contributed by atoms with Gasteiger partial charge in [0.2, 0.25) is 0 Å². The van der Waals surface area contributed by atoms with Gasteiger partial charge in [0, 0.05) is 11.9 Å². The average molecular weight is 393 g/mol. The van der Waals surface area contributed by atoms with E-state index < -0.39 is 0 Å². The van der Waals surface area contributed by atoms with Crippen molar-refractivity contribution in [3.63, 3.8) is 0 Å². The number of imidazole rings is 1. The summed E-state index contributed by atoms with van der Waals surface area (Å²) in [6, 6.07) is 16.4. The highest BCUT2D eigenvalue weighted by molar-refractivity contribution is 5.85. The Labute approximate surface area is 175 Å². The Morgan fingerprint density at radius 3 is 2.60 bits per heavy atom. The van der Waals surface area contributed by atoms with E-state index >= 15 is 0 Å². The molecule has 0 unspecified atom stereocenters. The number of anilines is 1. The Hall–Kier alpha value is -3.73. The number of nitrogens with two attached hydrogens (primary N) is 1. The van der Waals surface area contributed by atoms with Crippen molar-refractivity contribution in [3.8, 4) is 17.1 Å². The Bertz CT molecular complexity index is 1280. The molecule has 3 aromatic heterocycles. The monoisotopic (exact) mass is 393 g/mol. The Kier molecular flexibility index (Phi) is 4.64. The molecule has 2 N–H and O–H groups in total. The van der Waals surface area contributed by atoms with Crippen molar-refractivity contribution in [2.24, 2.45) is 0 Å². The number of nitrogens with zero attached hydrogens (tertiary/aromatic N) is 4. The van der Waals surface area contributed by atoms with Crippen LogP contribution in [0.5, 0.6) is 0 Å². The van der Waals surface area contributed by atoms with Gasteiger partial charge in [0.25, 0.3) is 0 Å². The van der Waals surface area contributed by atoms with Crippen LogP contribution in [0.4, 0.5) is 5.82 Å². The molecule has 1 aliphatic carbocycles. The number of pyridine rings is 2. The molecule has 5 heteroatoms. The van der Waals surface area contributed by atoms with Crippen LogP contribution in [0.2, 0.25) is 0 Å². The predicted molar refractivity (Wildman–Crippen MR) is 122 cm³/mol. The van der Waals surface area contributed by atoms with E-state index in [-0.39, 0.29) is 0 Å². The van der Waals surface area contributed by atoms with E-state index in [2.05, 4.69) is 59.0 Å². The van der Waals surface area contributed by atoms with E-state index in [0.717, 1.165) is 58.8 Å². The van der Waals surface area contributed by atoms with Gasteiger partial charge in [-0.1, -0.05) is 37.3 Å². The fourth-order valence-corrected chi connectivity index (χ4v) is 3.83. The second-order valence-electron chi connectivity index (χ2n) is 7.41. The average Bonchev–Trinajstić information content (AvgIpc) is 3.18. The smallest absolute Gasteiger partial charge is 0.165 e. The molecule has 148 valence electrons. The molecule has 0 aliphatic heterocycles. The lowest BCUT2D eigenvalue weighted by Crippen LogP contribution is -2.02. The van der Waals surface area contributed by atoms with Gasteiger partial charge in [-0.2, -0.15) is 0 Å². The van der Waals surface area contributed by atoms with Crippen molar-refractivity contribution in [2.75, 3.05) is 5.73 Å². The number of aromatic nitrogens is 4. The molecule has 0 fully saturated rings. The highest BCUT2D eigenvalue weighted by Crippen LogP contribution is 2.31. The van der Waals surface area contributed by atoms with Crippen LogP contribution in [-0.4, -0.2) is 19.5 Å². The Morgan fingerprint density at radius 1 is 1.00 bits per heavy atom. The molecule has 5 rings (SSSR count).